The van der Waals surface area contributed by atoms with E-state index in [-0.39, 0.29) is 23.9 Å². The van der Waals surface area contributed by atoms with E-state index in [1.54, 1.807) is 6.92 Å². The molecule has 9 heteroatoms. The van der Waals surface area contributed by atoms with Crippen LogP contribution in [-0.4, -0.2) is 49.0 Å². The van der Waals surface area contributed by atoms with Crippen LogP contribution in [0.2, 0.25) is 0 Å². The zero-order valence-electron chi connectivity index (χ0n) is 13.2. The molecule has 0 saturated carbocycles. The number of halogens is 5. The van der Waals surface area contributed by atoms with Gasteiger partial charge in [0.05, 0.1) is 17.5 Å². The minimum absolute atomic E-state index is 0. The van der Waals surface area contributed by atoms with E-state index in [0.717, 1.165) is 0 Å². The molecule has 1 heterocycles. The number of nitrogens with zero attached hydrogens (tertiary/aromatic N) is 1. The Balaban J connectivity index is 0.00000288. The Bertz CT molecular complexity index is 540. The summed E-state index contributed by atoms with van der Waals surface area (Å²) in [7, 11) is 0. The minimum atomic E-state index is -4.27. The van der Waals surface area contributed by atoms with Gasteiger partial charge in [-0.05, 0) is 40.5 Å². The molecule has 0 aromatic heterocycles. The second-order valence-electron chi connectivity index (χ2n) is 5.40. The first kappa shape index (κ1) is 21.3. The first-order valence-corrected chi connectivity index (χ1v) is 8.28. The first-order valence-electron chi connectivity index (χ1n) is 7.48. The van der Waals surface area contributed by atoms with Gasteiger partial charge in [0, 0.05) is 32.2 Å². The predicted molar refractivity (Wildman–Crippen MR) is 92.1 cm³/mol. The molecular weight excluding hydrogens is 413 g/mol. The number of ether oxygens (including phenoxy) is 1. The van der Waals surface area contributed by atoms with E-state index >= 15 is 0 Å². The summed E-state index contributed by atoms with van der Waals surface area (Å²) in [6.07, 6.45) is -5.21. The second kappa shape index (κ2) is 9.12. The van der Waals surface area contributed by atoms with Crippen LogP contribution in [0.1, 0.15) is 24.9 Å². The van der Waals surface area contributed by atoms with Crippen LogP contribution < -0.4 is 10.1 Å². The van der Waals surface area contributed by atoms with Gasteiger partial charge >= 0.3 is 6.18 Å². The third-order valence-electron chi connectivity index (χ3n) is 3.75. The summed E-state index contributed by atoms with van der Waals surface area (Å²) in [6.45, 7) is 4.48. The molecule has 0 bridgehead atoms. The molecule has 0 radical (unpaired) electrons. The molecule has 4 nitrogen and oxygen atoms in total. The van der Waals surface area contributed by atoms with Gasteiger partial charge in [-0.3, -0.25) is 4.90 Å². The topological polar surface area (TPSA) is 44.7 Å². The molecule has 24 heavy (non-hydrogen) atoms. The summed E-state index contributed by atoms with van der Waals surface area (Å²) in [4.78, 5) is 1.82. The van der Waals surface area contributed by atoms with Crippen molar-refractivity contribution in [2.75, 3.05) is 32.8 Å². The third kappa shape index (κ3) is 5.68. The molecular formula is C15H21BrClF3N2O2. The molecule has 2 N–H and O–H groups in total. The lowest BCUT2D eigenvalue weighted by Crippen LogP contribution is -2.46. The number of benzene rings is 1. The number of rotatable bonds is 5. The number of phenolic OH excluding ortho intramolecular Hbond substituents is 1. The quantitative estimate of drug-likeness (QED) is 0.740. The fourth-order valence-electron chi connectivity index (χ4n) is 2.72. The van der Waals surface area contributed by atoms with Gasteiger partial charge in [0.15, 0.2) is 11.5 Å². The van der Waals surface area contributed by atoms with E-state index in [1.807, 2.05) is 4.90 Å². The average Bonchev–Trinajstić information content (AvgIpc) is 2.49. The number of aromatic hydroxyl groups is 1. The Kier molecular flexibility index (Phi) is 8.11. The molecule has 1 aliphatic rings. The van der Waals surface area contributed by atoms with Gasteiger partial charge in [0.2, 0.25) is 0 Å². The molecule has 1 aromatic rings. The van der Waals surface area contributed by atoms with E-state index < -0.39 is 18.6 Å². The summed E-state index contributed by atoms with van der Waals surface area (Å²) >= 11 is 3.20. The Morgan fingerprint density at radius 2 is 1.96 bits per heavy atom. The lowest BCUT2D eigenvalue weighted by molar-refractivity contribution is -0.148. The monoisotopic (exact) mass is 432 g/mol. The largest absolute Gasteiger partial charge is 0.503 e. The maximum absolute atomic E-state index is 13.0. The van der Waals surface area contributed by atoms with E-state index in [0.29, 0.717) is 42.8 Å². The van der Waals surface area contributed by atoms with E-state index in [4.69, 9.17) is 4.74 Å². The highest BCUT2D eigenvalue weighted by molar-refractivity contribution is 9.10. The fourth-order valence-corrected chi connectivity index (χ4v) is 3.18. The minimum Gasteiger partial charge on any atom is -0.503 e. The maximum atomic E-state index is 13.0. The number of nitrogens with one attached hydrogen (secondary N) is 1. The Labute approximate surface area is 153 Å². The van der Waals surface area contributed by atoms with Gasteiger partial charge in [-0.1, -0.05) is 0 Å². The van der Waals surface area contributed by atoms with Crippen molar-refractivity contribution in [1.29, 1.82) is 0 Å². The summed E-state index contributed by atoms with van der Waals surface area (Å²) in [6, 6.07) is 2.24. The molecule has 0 amide bonds. The van der Waals surface area contributed by atoms with Crippen LogP contribution in [0.4, 0.5) is 13.2 Å². The highest BCUT2D eigenvalue weighted by Gasteiger charge is 2.36. The van der Waals surface area contributed by atoms with Crippen LogP contribution in [-0.2, 0) is 0 Å². The molecule has 0 unspecified atom stereocenters. The van der Waals surface area contributed by atoms with Crippen molar-refractivity contribution in [3.63, 3.8) is 0 Å². The van der Waals surface area contributed by atoms with Crippen LogP contribution >= 0.6 is 28.3 Å². The number of phenols is 1. The van der Waals surface area contributed by atoms with Crippen molar-refractivity contribution < 1.29 is 23.0 Å². The van der Waals surface area contributed by atoms with Crippen molar-refractivity contribution in [3.8, 4) is 11.5 Å². The van der Waals surface area contributed by atoms with Crippen LogP contribution in [0.15, 0.2) is 16.6 Å². The standard InChI is InChI=1S/C15H20BrF3N2O2.ClH/c1-2-23-13-8-10(7-11(16)14(13)22)12(9-15(17,18)19)21-5-3-20-4-6-21;/h7-8,12,20,22H,2-6,9H2,1H3;1H/t12-;/m0./s1. The van der Waals surface area contributed by atoms with Crippen molar-refractivity contribution in [3.05, 3.63) is 22.2 Å². The summed E-state index contributed by atoms with van der Waals surface area (Å²) in [5, 5.41) is 13.1. The fraction of sp³-hybridized carbons (Fsp3) is 0.600. The van der Waals surface area contributed by atoms with Crippen molar-refractivity contribution in [1.82, 2.24) is 10.2 Å². The van der Waals surface area contributed by atoms with Gasteiger partial charge in [-0.2, -0.15) is 13.2 Å². The predicted octanol–water partition coefficient (Wildman–Crippen LogP) is 3.87. The number of hydrogen-bond acceptors (Lipinski definition) is 4. The molecule has 1 saturated heterocycles. The first-order chi connectivity index (χ1) is 10.8. The van der Waals surface area contributed by atoms with E-state index in [2.05, 4.69) is 21.2 Å². The van der Waals surface area contributed by atoms with Gasteiger partial charge in [0.1, 0.15) is 0 Å². The molecule has 1 fully saturated rings. The highest BCUT2D eigenvalue weighted by Crippen LogP contribution is 2.41. The normalized spacial score (nSPS) is 17.2. The maximum Gasteiger partial charge on any atom is 0.390 e. The molecule has 0 aliphatic carbocycles. The number of hydrogen-bond donors (Lipinski definition) is 2. The number of piperazine rings is 1. The molecule has 138 valence electrons. The Morgan fingerprint density at radius 1 is 1.33 bits per heavy atom. The van der Waals surface area contributed by atoms with Crippen LogP contribution in [0.25, 0.3) is 0 Å². The van der Waals surface area contributed by atoms with Crippen molar-refractivity contribution >= 4 is 28.3 Å². The molecule has 1 atom stereocenters. The summed E-state index contributed by atoms with van der Waals surface area (Å²) in [5.74, 6) is 0.0980. The third-order valence-corrected chi connectivity index (χ3v) is 4.36. The van der Waals surface area contributed by atoms with Crippen LogP contribution in [0.3, 0.4) is 0 Å². The van der Waals surface area contributed by atoms with Gasteiger partial charge in [-0.15, -0.1) is 12.4 Å². The summed E-state index contributed by atoms with van der Waals surface area (Å²) < 4.78 is 44.8. The lowest BCUT2D eigenvalue weighted by atomic mass is 10.00. The van der Waals surface area contributed by atoms with Crippen molar-refractivity contribution in [2.45, 2.75) is 25.6 Å². The summed E-state index contributed by atoms with van der Waals surface area (Å²) in [5.41, 5.74) is 0.484. The van der Waals surface area contributed by atoms with Crippen LogP contribution in [0, 0.1) is 0 Å². The zero-order chi connectivity index (χ0) is 17.0. The van der Waals surface area contributed by atoms with Crippen LogP contribution in [0.5, 0.6) is 11.5 Å². The van der Waals surface area contributed by atoms with E-state index in [9.17, 15) is 18.3 Å². The van der Waals surface area contributed by atoms with Gasteiger partial charge < -0.3 is 15.2 Å². The molecule has 2 rings (SSSR count). The highest BCUT2D eigenvalue weighted by atomic mass is 79.9. The van der Waals surface area contributed by atoms with Crippen molar-refractivity contribution in [2.24, 2.45) is 0 Å². The second-order valence-corrected chi connectivity index (χ2v) is 6.26. The van der Waals surface area contributed by atoms with Gasteiger partial charge in [-0.25, -0.2) is 0 Å². The zero-order valence-corrected chi connectivity index (χ0v) is 15.6. The SMILES string of the molecule is CCOc1cc([C@H](CC(F)(F)F)N2CCNCC2)cc(Br)c1O.Cl. The van der Waals surface area contributed by atoms with E-state index in [1.165, 1.54) is 12.1 Å². The van der Waals surface area contributed by atoms with Gasteiger partial charge in [0.25, 0.3) is 0 Å². The smallest absolute Gasteiger partial charge is 0.390 e. The Hall–Kier alpha value is -0.700. The lowest BCUT2D eigenvalue weighted by Gasteiger charge is -2.36. The average molecular weight is 434 g/mol. The molecule has 1 aromatic carbocycles. The Morgan fingerprint density at radius 3 is 2.50 bits per heavy atom. The molecule has 0 spiro atoms. The number of alkyl halides is 3. The molecule has 1 aliphatic heterocycles.